The quantitative estimate of drug-likeness (QED) is 0.630. The highest BCUT2D eigenvalue weighted by Gasteiger charge is 2.13. The van der Waals surface area contributed by atoms with Crippen LogP contribution in [-0.2, 0) is 11.4 Å². The summed E-state index contributed by atoms with van der Waals surface area (Å²) in [6.07, 6.45) is 0. The van der Waals surface area contributed by atoms with Crippen molar-refractivity contribution < 1.29 is 13.9 Å². The maximum absolute atomic E-state index is 12.9. The Morgan fingerprint density at radius 3 is 2.22 bits per heavy atom. The molecule has 1 atom stereocenters. The van der Waals surface area contributed by atoms with Gasteiger partial charge in [-0.05, 0) is 61.0 Å². The largest absolute Gasteiger partial charge is 0.489 e. The van der Waals surface area contributed by atoms with Gasteiger partial charge in [0.1, 0.15) is 24.2 Å². The smallest absolute Gasteiger partial charge is 0.246 e. The summed E-state index contributed by atoms with van der Waals surface area (Å²) < 4.78 is 18.7. The van der Waals surface area contributed by atoms with E-state index in [1.165, 1.54) is 24.3 Å². The highest BCUT2D eigenvalue weighted by atomic mass is 19.1. The lowest BCUT2D eigenvalue weighted by Crippen LogP contribution is -2.31. The van der Waals surface area contributed by atoms with Crippen LogP contribution in [0.5, 0.6) is 5.75 Å². The molecule has 0 bridgehead atoms. The molecule has 0 aliphatic heterocycles. The molecule has 0 aromatic heterocycles. The molecular formula is C22H21FN2O2. The van der Waals surface area contributed by atoms with Gasteiger partial charge in [-0.3, -0.25) is 4.79 Å². The van der Waals surface area contributed by atoms with Crippen LogP contribution in [0.1, 0.15) is 12.5 Å². The molecule has 5 heteroatoms. The molecular weight excluding hydrogens is 343 g/mol. The summed E-state index contributed by atoms with van der Waals surface area (Å²) in [5.41, 5.74) is 2.47. The highest BCUT2D eigenvalue weighted by molar-refractivity contribution is 5.96. The topological polar surface area (TPSA) is 50.4 Å². The monoisotopic (exact) mass is 364 g/mol. The predicted octanol–water partition coefficient (Wildman–Crippen LogP) is 4.84. The van der Waals surface area contributed by atoms with Gasteiger partial charge in [0, 0.05) is 11.4 Å². The minimum absolute atomic E-state index is 0.203. The van der Waals surface area contributed by atoms with Gasteiger partial charge in [0.2, 0.25) is 5.91 Å². The Kier molecular flexibility index (Phi) is 6.05. The fourth-order valence-electron chi connectivity index (χ4n) is 2.49. The lowest BCUT2D eigenvalue weighted by atomic mass is 10.2. The lowest BCUT2D eigenvalue weighted by molar-refractivity contribution is -0.116. The molecule has 0 aliphatic rings. The second kappa shape index (κ2) is 8.85. The first-order valence-corrected chi connectivity index (χ1v) is 8.70. The third-order valence-corrected chi connectivity index (χ3v) is 3.99. The van der Waals surface area contributed by atoms with E-state index in [2.05, 4.69) is 10.6 Å². The Bertz CT molecular complexity index is 865. The molecule has 4 nitrogen and oxygen atoms in total. The predicted molar refractivity (Wildman–Crippen MR) is 105 cm³/mol. The Morgan fingerprint density at radius 2 is 1.56 bits per heavy atom. The first-order chi connectivity index (χ1) is 13.1. The lowest BCUT2D eigenvalue weighted by Gasteiger charge is -2.16. The van der Waals surface area contributed by atoms with Gasteiger partial charge in [-0.2, -0.15) is 0 Å². The Balaban J connectivity index is 1.51. The molecule has 3 rings (SSSR count). The van der Waals surface area contributed by atoms with Gasteiger partial charge < -0.3 is 15.4 Å². The molecule has 0 unspecified atom stereocenters. The molecule has 0 fully saturated rings. The number of hydrogen-bond donors (Lipinski definition) is 2. The first-order valence-electron chi connectivity index (χ1n) is 8.70. The number of carbonyl (C=O) groups is 1. The van der Waals surface area contributed by atoms with E-state index in [-0.39, 0.29) is 11.7 Å². The highest BCUT2D eigenvalue weighted by Crippen LogP contribution is 2.18. The van der Waals surface area contributed by atoms with Gasteiger partial charge in [0.25, 0.3) is 0 Å². The molecule has 2 N–H and O–H groups in total. The average Bonchev–Trinajstić information content (AvgIpc) is 2.70. The minimum atomic E-state index is -0.453. The van der Waals surface area contributed by atoms with Crippen molar-refractivity contribution >= 4 is 17.3 Å². The second-order valence-corrected chi connectivity index (χ2v) is 6.16. The van der Waals surface area contributed by atoms with Gasteiger partial charge in [-0.1, -0.05) is 30.3 Å². The average molecular weight is 364 g/mol. The number of hydrogen-bond acceptors (Lipinski definition) is 3. The van der Waals surface area contributed by atoms with Crippen molar-refractivity contribution in [3.8, 4) is 5.75 Å². The summed E-state index contributed by atoms with van der Waals surface area (Å²) in [7, 11) is 0. The third kappa shape index (κ3) is 5.57. The van der Waals surface area contributed by atoms with E-state index >= 15 is 0 Å². The van der Waals surface area contributed by atoms with E-state index < -0.39 is 6.04 Å². The van der Waals surface area contributed by atoms with Crippen LogP contribution >= 0.6 is 0 Å². The van der Waals surface area contributed by atoms with Crippen LogP contribution in [0.25, 0.3) is 0 Å². The molecule has 0 saturated carbocycles. The van der Waals surface area contributed by atoms with Gasteiger partial charge in [-0.25, -0.2) is 4.39 Å². The van der Waals surface area contributed by atoms with Crippen molar-refractivity contribution in [3.05, 3.63) is 90.2 Å². The number of nitrogens with one attached hydrogen (secondary N) is 2. The molecule has 27 heavy (non-hydrogen) atoms. The zero-order valence-electron chi connectivity index (χ0n) is 15.0. The van der Waals surface area contributed by atoms with Crippen LogP contribution < -0.4 is 15.4 Å². The summed E-state index contributed by atoms with van der Waals surface area (Å²) in [4.78, 5) is 12.2. The molecule has 0 saturated heterocycles. The van der Waals surface area contributed by atoms with E-state index in [1.54, 1.807) is 6.92 Å². The van der Waals surface area contributed by atoms with E-state index in [4.69, 9.17) is 4.74 Å². The zero-order chi connectivity index (χ0) is 19.1. The number of anilines is 2. The van der Waals surface area contributed by atoms with E-state index in [1.807, 2.05) is 54.6 Å². The first kappa shape index (κ1) is 18.5. The SMILES string of the molecule is C[C@H](Nc1ccc(OCc2ccccc2)cc1)C(=O)Nc1ccc(F)cc1. The normalized spacial score (nSPS) is 11.5. The Labute approximate surface area is 158 Å². The molecule has 0 heterocycles. The maximum Gasteiger partial charge on any atom is 0.246 e. The molecule has 3 aromatic rings. The van der Waals surface area contributed by atoms with Crippen LogP contribution in [0.4, 0.5) is 15.8 Å². The standard InChI is InChI=1S/C22H21FN2O2/c1-16(22(26)25-20-9-7-18(23)8-10-20)24-19-11-13-21(14-12-19)27-15-17-5-3-2-4-6-17/h2-14,16,24H,15H2,1H3,(H,25,26)/t16-/m0/s1. The zero-order valence-corrected chi connectivity index (χ0v) is 15.0. The number of amides is 1. The van der Waals surface area contributed by atoms with Gasteiger partial charge in [-0.15, -0.1) is 0 Å². The number of halogens is 1. The van der Waals surface area contributed by atoms with Crippen LogP contribution in [0.15, 0.2) is 78.9 Å². The molecule has 3 aromatic carbocycles. The van der Waals surface area contributed by atoms with Crippen molar-refractivity contribution in [2.24, 2.45) is 0 Å². The van der Waals surface area contributed by atoms with Gasteiger partial charge in [0.15, 0.2) is 0 Å². The van der Waals surface area contributed by atoms with Crippen molar-refractivity contribution in [2.75, 3.05) is 10.6 Å². The van der Waals surface area contributed by atoms with Crippen LogP contribution in [-0.4, -0.2) is 11.9 Å². The van der Waals surface area contributed by atoms with E-state index in [0.29, 0.717) is 12.3 Å². The Hall–Kier alpha value is -3.34. The maximum atomic E-state index is 12.9. The molecule has 0 spiro atoms. The van der Waals surface area contributed by atoms with Gasteiger partial charge >= 0.3 is 0 Å². The van der Waals surface area contributed by atoms with Crippen molar-refractivity contribution in [1.29, 1.82) is 0 Å². The van der Waals surface area contributed by atoms with Crippen molar-refractivity contribution in [2.45, 2.75) is 19.6 Å². The molecule has 138 valence electrons. The summed E-state index contributed by atoms with van der Waals surface area (Å²) in [5.74, 6) is 0.215. The molecule has 0 radical (unpaired) electrons. The van der Waals surface area contributed by atoms with Crippen LogP contribution in [0, 0.1) is 5.82 Å². The number of ether oxygens (including phenoxy) is 1. The van der Waals surface area contributed by atoms with Crippen molar-refractivity contribution in [3.63, 3.8) is 0 Å². The van der Waals surface area contributed by atoms with E-state index in [9.17, 15) is 9.18 Å². The number of carbonyl (C=O) groups excluding carboxylic acids is 1. The van der Waals surface area contributed by atoms with Gasteiger partial charge in [0.05, 0.1) is 0 Å². The second-order valence-electron chi connectivity index (χ2n) is 6.16. The summed E-state index contributed by atoms with van der Waals surface area (Å²) in [6, 6.07) is 22.6. The fraction of sp³-hybridized carbons (Fsp3) is 0.136. The summed E-state index contributed by atoms with van der Waals surface area (Å²) >= 11 is 0. The number of rotatable bonds is 7. The van der Waals surface area contributed by atoms with Crippen LogP contribution in [0.3, 0.4) is 0 Å². The summed E-state index contributed by atoms with van der Waals surface area (Å²) in [6.45, 7) is 2.27. The van der Waals surface area contributed by atoms with Crippen molar-refractivity contribution in [1.82, 2.24) is 0 Å². The summed E-state index contributed by atoms with van der Waals surface area (Å²) in [5, 5.41) is 5.88. The van der Waals surface area contributed by atoms with E-state index in [0.717, 1.165) is 17.0 Å². The molecule has 0 aliphatic carbocycles. The molecule has 1 amide bonds. The Morgan fingerprint density at radius 1 is 0.926 bits per heavy atom. The van der Waals surface area contributed by atoms with Crippen LogP contribution in [0.2, 0.25) is 0 Å². The fourth-order valence-corrected chi connectivity index (χ4v) is 2.49. The third-order valence-electron chi connectivity index (χ3n) is 3.99. The number of benzene rings is 3. The minimum Gasteiger partial charge on any atom is -0.489 e.